The third-order valence-corrected chi connectivity index (χ3v) is 11.3. The normalized spacial score (nSPS) is 14.3. The molecule has 0 aromatic carbocycles. The standard InChI is InChI=1S/C52H94NO7P/c1-6-8-10-12-14-16-18-20-22-24-26-27-28-29-31-33-35-37-39-41-43-45-52(54)60-51(50-59-61(55,56)58-48-46-53(3,4)5)49-57-47-44-42-40-38-36-34-32-30-25-23-21-19-17-15-13-11-9-7-2/h8,10,14,16,20,22,26-27,29,31,35,37,51H,6-7,9,11-13,15,17-19,21,23-25,28,30,32-34,36,38-50H2,1-5H3/p+1/b10-8-,16-14-,22-20-,27-26-,31-29-,37-35-. The van der Waals surface area contributed by atoms with Gasteiger partial charge in [-0.25, -0.2) is 4.57 Å². The van der Waals surface area contributed by atoms with E-state index in [1.165, 1.54) is 103 Å². The molecule has 0 saturated heterocycles. The Kier molecular flexibility index (Phi) is 43.0. The van der Waals surface area contributed by atoms with Crippen molar-refractivity contribution in [2.75, 3.05) is 54.1 Å². The zero-order chi connectivity index (χ0) is 44.8. The van der Waals surface area contributed by atoms with Crippen molar-refractivity contribution in [3.63, 3.8) is 0 Å². The number of hydrogen-bond donors (Lipinski definition) is 1. The van der Waals surface area contributed by atoms with E-state index in [0.717, 1.165) is 64.2 Å². The average molecular weight is 877 g/mol. The first-order valence-corrected chi connectivity index (χ1v) is 26.2. The Balaban J connectivity index is 4.27. The molecule has 0 rings (SSSR count). The molecule has 1 N–H and O–H groups in total. The van der Waals surface area contributed by atoms with Crippen LogP contribution in [-0.2, 0) is 27.9 Å². The van der Waals surface area contributed by atoms with Gasteiger partial charge in [-0.1, -0.05) is 196 Å². The number of likely N-dealkylation sites (N-methyl/N-ethyl adjacent to an activating group) is 1. The van der Waals surface area contributed by atoms with E-state index >= 15 is 0 Å². The lowest BCUT2D eigenvalue weighted by Crippen LogP contribution is -2.37. The lowest BCUT2D eigenvalue weighted by atomic mass is 10.0. The Labute approximate surface area is 376 Å². The number of esters is 1. The minimum atomic E-state index is -4.29. The monoisotopic (exact) mass is 877 g/mol. The second kappa shape index (κ2) is 44.5. The number of unbranched alkanes of at least 4 members (excludes halogenated alkanes) is 19. The summed E-state index contributed by atoms with van der Waals surface area (Å²) in [7, 11) is 1.63. The van der Waals surface area contributed by atoms with E-state index in [4.69, 9.17) is 18.5 Å². The van der Waals surface area contributed by atoms with Gasteiger partial charge in [0.05, 0.1) is 34.4 Å². The number of carbonyl (C=O) groups is 1. The Morgan fingerprint density at radius 2 is 0.951 bits per heavy atom. The number of quaternary nitrogens is 1. The average Bonchev–Trinajstić information content (AvgIpc) is 3.22. The predicted octanol–water partition coefficient (Wildman–Crippen LogP) is 15.1. The number of carbonyl (C=O) groups excluding carboxylic acids is 1. The van der Waals surface area contributed by atoms with Crippen LogP contribution in [0.4, 0.5) is 0 Å². The number of phosphoric acid groups is 1. The van der Waals surface area contributed by atoms with Crippen LogP contribution in [0.2, 0.25) is 0 Å². The fourth-order valence-electron chi connectivity index (χ4n) is 6.50. The van der Waals surface area contributed by atoms with Gasteiger partial charge in [0, 0.05) is 13.0 Å². The quantitative estimate of drug-likeness (QED) is 0.0214. The number of ether oxygens (including phenoxy) is 2. The summed E-state index contributed by atoms with van der Waals surface area (Å²) in [6.07, 6.45) is 58.0. The molecule has 0 aliphatic heterocycles. The van der Waals surface area contributed by atoms with Crippen molar-refractivity contribution in [3.8, 4) is 0 Å². The van der Waals surface area contributed by atoms with Crippen molar-refractivity contribution in [2.24, 2.45) is 0 Å². The maximum atomic E-state index is 12.7. The van der Waals surface area contributed by atoms with Gasteiger partial charge in [-0.05, 0) is 64.2 Å². The molecule has 0 saturated carbocycles. The molecular weight excluding hydrogens is 782 g/mol. The van der Waals surface area contributed by atoms with Gasteiger partial charge in [-0.2, -0.15) is 0 Å². The molecule has 2 unspecified atom stereocenters. The third kappa shape index (κ3) is 48.8. The fraction of sp³-hybridized carbons (Fsp3) is 0.750. The highest BCUT2D eigenvalue weighted by Gasteiger charge is 2.26. The third-order valence-electron chi connectivity index (χ3n) is 10.3. The number of hydrogen-bond acceptors (Lipinski definition) is 6. The zero-order valence-electron chi connectivity index (χ0n) is 40.1. The molecule has 0 spiro atoms. The van der Waals surface area contributed by atoms with E-state index in [0.29, 0.717) is 24.1 Å². The van der Waals surface area contributed by atoms with Gasteiger partial charge >= 0.3 is 13.8 Å². The van der Waals surface area contributed by atoms with E-state index < -0.39 is 13.9 Å². The topological polar surface area (TPSA) is 91.3 Å². The van der Waals surface area contributed by atoms with Crippen LogP contribution >= 0.6 is 7.82 Å². The number of nitrogens with zero attached hydrogens (tertiary/aromatic N) is 1. The summed E-state index contributed by atoms with van der Waals surface area (Å²) < 4.78 is 35.1. The molecule has 0 amide bonds. The molecular formula is C52H95NO7P+. The molecule has 61 heavy (non-hydrogen) atoms. The van der Waals surface area contributed by atoms with Crippen molar-refractivity contribution in [3.05, 3.63) is 72.9 Å². The van der Waals surface area contributed by atoms with Crippen LogP contribution in [0.15, 0.2) is 72.9 Å². The Morgan fingerprint density at radius 1 is 0.525 bits per heavy atom. The molecule has 0 bridgehead atoms. The second-order valence-electron chi connectivity index (χ2n) is 17.5. The zero-order valence-corrected chi connectivity index (χ0v) is 41.0. The number of phosphoric ester groups is 1. The van der Waals surface area contributed by atoms with E-state index in [9.17, 15) is 14.3 Å². The highest BCUT2D eigenvalue weighted by molar-refractivity contribution is 7.47. The minimum absolute atomic E-state index is 0.0777. The van der Waals surface area contributed by atoms with Gasteiger partial charge in [-0.15, -0.1) is 0 Å². The van der Waals surface area contributed by atoms with Crippen molar-refractivity contribution in [2.45, 2.75) is 200 Å². The summed E-state index contributed by atoms with van der Waals surface area (Å²) in [6, 6.07) is 0. The van der Waals surface area contributed by atoms with Gasteiger partial charge < -0.3 is 18.9 Å². The Hall–Kier alpha value is -2.06. The molecule has 0 aromatic heterocycles. The molecule has 0 aliphatic carbocycles. The van der Waals surface area contributed by atoms with E-state index in [2.05, 4.69) is 86.8 Å². The van der Waals surface area contributed by atoms with Crippen molar-refractivity contribution in [1.29, 1.82) is 0 Å². The largest absolute Gasteiger partial charge is 0.472 e. The molecule has 0 aliphatic rings. The van der Waals surface area contributed by atoms with Crippen LogP contribution in [0.5, 0.6) is 0 Å². The second-order valence-corrected chi connectivity index (χ2v) is 18.9. The van der Waals surface area contributed by atoms with Crippen LogP contribution in [0.25, 0.3) is 0 Å². The lowest BCUT2D eigenvalue weighted by Gasteiger charge is -2.24. The number of allylic oxidation sites excluding steroid dienone is 12. The van der Waals surface area contributed by atoms with Crippen LogP contribution in [0.1, 0.15) is 194 Å². The van der Waals surface area contributed by atoms with E-state index in [1.54, 1.807) is 0 Å². The SMILES string of the molecule is CC/C=C\C/C=C\C/C=C\C/C=C\C/C=C\C/C=C\CCCCC(=O)OC(COCCCCCCCCCCCCCCCCCCCC)COP(=O)(O)OCC[N+](C)(C)C. The summed E-state index contributed by atoms with van der Waals surface area (Å²) in [5.41, 5.74) is 0. The minimum Gasteiger partial charge on any atom is -0.457 e. The Morgan fingerprint density at radius 3 is 1.39 bits per heavy atom. The van der Waals surface area contributed by atoms with Gasteiger partial charge in [0.1, 0.15) is 19.3 Å². The van der Waals surface area contributed by atoms with Crippen molar-refractivity contribution < 1.29 is 37.3 Å². The highest BCUT2D eigenvalue weighted by atomic mass is 31.2. The van der Waals surface area contributed by atoms with Gasteiger partial charge in [0.2, 0.25) is 0 Å². The van der Waals surface area contributed by atoms with E-state index in [-0.39, 0.29) is 32.2 Å². The maximum absolute atomic E-state index is 12.7. The summed E-state index contributed by atoms with van der Waals surface area (Å²) in [5.74, 6) is -0.355. The molecule has 0 fully saturated rings. The summed E-state index contributed by atoms with van der Waals surface area (Å²) in [5, 5.41) is 0. The van der Waals surface area contributed by atoms with Gasteiger partial charge in [0.25, 0.3) is 0 Å². The fourth-order valence-corrected chi connectivity index (χ4v) is 7.24. The summed E-state index contributed by atoms with van der Waals surface area (Å²) in [4.78, 5) is 23.0. The van der Waals surface area contributed by atoms with Crippen LogP contribution < -0.4 is 0 Å². The van der Waals surface area contributed by atoms with Gasteiger partial charge in [0.15, 0.2) is 0 Å². The molecule has 0 radical (unpaired) electrons. The summed E-state index contributed by atoms with van der Waals surface area (Å²) in [6.45, 7) is 5.46. The summed E-state index contributed by atoms with van der Waals surface area (Å²) >= 11 is 0. The first kappa shape index (κ1) is 58.9. The molecule has 2 atom stereocenters. The van der Waals surface area contributed by atoms with Gasteiger partial charge in [-0.3, -0.25) is 13.8 Å². The van der Waals surface area contributed by atoms with Crippen LogP contribution in [0.3, 0.4) is 0 Å². The first-order valence-electron chi connectivity index (χ1n) is 24.7. The predicted molar refractivity (Wildman–Crippen MR) is 261 cm³/mol. The Bertz CT molecular complexity index is 1200. The number of rotatable bonds is 45. The molecule has 0 aromatic rings. The molecule has 0 heterocycles. The first-order chi connectivity index (χ1) is 29.6. The lowest BCUT2D eigenvalue weighted by molar-refractivity contribution is -0.870. The van der Waals surface area contributed by atoms with Crippen LogP contribution in [0, 0.1) is 0 Å². The van der Waals surface area contributed by atoms with E-state index in [1.807, 2.05) is 21.1 Å². The smallest absolute Gasteiger partial charge is 0.457 e. The maximum Gasteiger partial charge on any atom is 0.472 e. The van der Waals surface area contributed by atoms with Crippen molar-refractivity contribution in [1.82, 2.24) is 0 Å². The molecule has 9 heteroatoms. The molecule has 354 valence electrons. The van der Waals surface area contributed by atoms with Crippen LogP contribution in [-0.4, -0.2) is 75.6 Å². The van der Waals surface area contributed by atoms with Crippen molar-refractivity contribution >= 4 is 13.8 Å². The molecule has 8 nitrogen and oxygen atoms in total. The highest BCUT2D eigenvalue weighted by Crippen LogP contribution is 2.43.